The molecule has 1 aromatic rings. The van der Waals surface area contributed by atoms with Crippen LogP contribution in [0.25, 0.3) is 0 Å². The minimum absolute atomic E-state index is 0.250. The molecule has 1 aromatic carbocycles. The zero-order valence-electron chi connectivity index (χ0n) is 12.3. The molecule has 2 aliphatic rings. The molecule has 2 N–H and O–H groups in total. The molecule has 1 fully saturated rings. The van der Waals surface area contributed by atoms with Gasteiger partial charge in [0, 0.05) is 12.5 Å². The third kappa shape index (κ3) is 3.24. The maximum absolute atomic E-state index is 12.1. The van der Waals surface area contributed by atoms with E-state index in [0.29, 0.717) is 5.75 Å². The van der Waals surface area contributed by atoms with Crippen molar-refractivity contribution in [3.8, 4) is 5.75 Å². The molecule has 0 saturated carbocycles. The first-order valence-corrected chi connectivity index (χ1v) is 9.49. The summed E-state index contributed by atoms with van der Waals surface area (Å²) in [4.78, 5) is 0. The average Bonchev–Trinajstić information content (AvgIpc) is 2.91. The molecule has 2 unspecified atom stereocenters. The van der Waals surface area contributed by atoms with Gasteiger partial charge in [-0.15, -0.1) is 0 Å². The van der Waals surface area contributed by atoms with Gasteiger partial charge in [0.25, 0.3) is 0 Å². The minimum atomic E-state index is -2.98. The van der Waals surface area contributed by atoms with Crippen molar-refractivity contribution in [1.82, 2.24) is 0 Å². The summed E-state index contributed by atoms with van der Waals surface area (Å²) in [5.74, 6) is 1.29. The van der Waals surface area contributed by atoms with Crippen molar-refractivity contribution in [2.45, 2.75) is 49.8 Å². The van der Waals surface area contributed by atoms with Gasteiger partial charge in [-0.1, -0.05) is 18.6 Å². The number of sulfone groups is 1. The number of fused-ring (bicyclic) bond motifs is 1. The van der Waals surface area contributed by atoms with E-state index in [1.54, 1.807) is 0 Å². The Morgan fingerprint density at radius 2 is 2.19 bits per heavy atom. The number of hydrogen-bond acceptors (Lipinski definition) is 4. The monoisotopic (exact) mass is 309 g/mol. The second kappa shape index (κ2) is 5.97. The Kier molecular flexibility index (Phi) is 4.22. The Balaban J connectivity index is 1.62. The van der Waals surface area contributed by atoms with E-state index in [1.165, 1.54) is 11.1 Å². The van der Waals surface area contributed by atoms with Gasteiger partial charge >= 0.3 is 0 Å². The van der Waals surface area contributed by atoms with E-state index in [0.717, 1.165) is 50.9 Å². The maximum Gasteiger partial charge on any atom is 0.154 e. The maximum atomic E-state index is 12.1. The van der Waals surface area contributed by atoms with Crippen LogP contribution in [0, 0.1) is 0 Å². The number of ether oxygens (including phenoxy) is 1. The zero-order chi connectivity index (χ0) is 14.9. The van der Waals surface area contributed by atoms with Crippen LogP contribution in [-0.2, 0) is 22.7 Å². The molecule has 0 bridgehead atoms. The molecule has 0 aromatic heterocycles. The second-order valence-electron chi connectivity index (χ2n) is 6.14. The zero-order valence-corrected chi connectivity index (χ0v) is 13.1. The summed E-state index contributed by atoms with van der Waals surface area (Å²) >= 11 is 0. The number of aryl methyl sites for hydroxylation is 1. The minimum Gasteiger partial charge on any atom is -0.493 e. The molecule has 0 aliphatic carbocycles. The van der Waals surface area contributed by atoms with Gasteiger partial charge in [0.05, 0.1) is 17.6 Å². The van der Waals surface area contributed by atoms with Crippen molar-refractivity contribution in [1.29, 1.82) is 0 Å². The van der Waals surface area contributed by atoms with Crippen LogP contribution in [0.4, 0.5) is 0 Å². The molecule has 4 nitrogen and oxygen atoms in total. The topological polar surface area (TPSA) is 69.4 Å². The molecule has 2 heterocycles. The Morgan fingerprint density at radius 3 is 3.00 bits per heavy atom. The van der Waals surface area contributed by atoms with Crippen LogP contribution in [0.2, 0.25) is 0 Å². The smallest absolute Gasteiger partial charge is 0.154 e. The first-order valence-electron chi connectivity index (χ1n) is 7.78. The van der Waals surface area contributed by atoms with Gasteiger partial charge < -0.3 is 10.5 Å². The number of benzene rings is 1. The Bertz CT molecular complexity index is 612. The van der Waals surface area contributed by atoms with Crippen LogP contribution in [0.15, 0.2) is 18.2 Å². The quantitative estimate of drug-likeness (QED) is 0.921. The third-order valence-corrected chi connectivity index (χ3v) is 6.99. The fraction of sp³-hybridized carbons (Fsp3) is 0.625. The molecule has 3 rings (SSSR count). The van der Waals surface area contributed by atoms with Gasteiger partial charge in [0.2, 0.25) is 0 Å². The van der Waals surface area contributed by atoms with Gasteiger partial charge in [0.1, 0.15) is 5.75 Å². The lowest BCUT2D eigenvalue weighted by Crippen LogP contribution is -2.43. The number of rotatable bonds is 4. The van der Waals surface area contributed by atoms with Gasteiger partial charge in [-0.2, -0.15) is 0 Å². The fourth-order valence-corrected chi connectivity index (χ4v) is 5.48. The molecule has 2 atom stereocenters. The van der Waals surface area contributed by atoms with Crippen molar-refractivity contribution < 1.29 is 13.2 Å². The predicted molar refractivity (Wildman–Crippen MR) is 83.4 cm³/mol. The highest BCUT2D eigenvalue weighted by atomic mass is 32.2. The average molecular weight is 309 g/mol. The Labute approximate surface area is 126 Å². The van der Waals surface area contributed by atoms with Gasteiger partial charge in [-0.3, -0.25) is 0 Å². The lowest BCUT2D eigenvalue weighted by Gasteiger charge is -2.27. The van der Waals surface area contributed by atoms with Crippen molar-refractivity contribution in [2.75, 3.05) is 12.4 Å². The largest absolute Gasteiger partial charge is 0.493 e. The lowest BCUT2D eigenvalue weighted by molar-refractivity contribution is 0.357. The van der Waals surface area contributed by atoms with E-state index in [9.17, 15) is 8.42 Å². The first kappa shape index (κ1) is 14.9. The summed E-state index contributed by atoms with van der Waals surface area (Å²) in [6.07, 6.45) is 5.02. The molecular formula is C16H23NO3S. The van der Waals surface area contributed by atoms with Gasteiger partial charge in [0.15, 0.2) is 9.84 Å². The summed E-state index contributed by atoms with van der Waals surface area (Å²) < 4.78 is 29.7. The fourth-order valence-electron chi connectivity index (χ4n) is 3.37. The molecule has 116 valence electrons. The highest BCUT2D eigenvalue weighted by Gasteiger charge is 2.33. The van der Waals surface area contributed by atoms with Crippen LogP contribution in [-0.4, -0.2) is 32.1 Å². The molecule has 0 spiro atoms. The SMILES string of the molecule is NC(CCc1ccc2c(c1)CCO2)C1CCCCS1(=O)=O. The molecule has 2 aliphatic heterocycles. The Morgan fingerprint density at radius 1 is 1.33 bits per heavy atom. The van der Waals surface area contributed by atoms with E-state index in [-0.39, 0.29) is 11.3 Å². The molecule has 21 heavy (non-hydrogen) atoms. The highest BCUT2D eigenvalue weighted by Crippen LogP contribution is 2.27. The van der Waals surface area contributed by atoms with E-state index in [2.05, 4.69) is 12.1 Å². The lowest BCUT2D eigenvalue weighted by atomic mass is 9.99. The number of nitrogens with two attached hydrogens (primary N) is 1. The Hall–Kier alpha value is -1.07. The summed E-state index contributed by atoms with van der Waals surface area (Å²) in [7, 11) is -2.98. The van der Waals surface area contributed by atoms with Crippen LogP contribution >= 0.6 is 0 Å². The van der Waals surface area contributed by atoms with E-state index in [4.69, 9.17) is 10.5 Å². The van der Waals surface area contributed by atoms with E-state index in [1.807, 2.05) is 6.07 Å². The van der Waals surface area contributed by atoms with Crippen LogP contribution in [0.5, 0.6) is 5.75 Å². The van der Waals surface area contributed by atoms with Crippen LogP contribution < -0.4 is 10.5 Å². The summed E-state index contributed by atoms with van der Waals surface area (Å²) in [5, 5.41) is -0.344. The van der Waals surface area contributed by atoms with Gasteiger partial charge in [-0.05, 0) is 42.9 Å². The third-order valence-electron chi connectivity index (χ3n) is 4.63. The molecule has 0 amide bonds. The molecule has 5 heteroatoms. The summed E-state index contributed by atoms with van der Waals surface area (Å²) in [5.41, 5.74) is 8.66. The standard InChI is InChI=1S/C16H23NO3S/c17-14(16-3-1-2-10-21(16,18)19)6-4-12-5-7-15-13(11-12)8-9-20-15/h5,7,11,14,16H,1-4,6,8-10,17H2. The van der Waals surface area contributed by atoms with Crippen molar-refractivity contribution >= 4 is 9.84 Å². The molecule has 0 radical (unpaired) electrons. The summed E-state index contributed by atoms with van der Waals surface area (Å²) in [6, 6.07) is 6.00. The van der Waals surface area contributed by atoms with Crippen molar-refractivity contribution in [3.63, 3.8) is 0 Å². The molecular weight excluding hydrogens is 286 g/mol. The highest BCUT2D eigenvalue weighted by molar-refractivity contribution is 7.92. The second-order valence-corrected chi connectivity index (χ2v) is 8.48. The number of hydrogen-bond donors (Lipinski definition) is 1. The first-order chi connectivity index (χ1) is 10.1. The van der Waals surface area contributed by atoms with Crippen molar-refractivity contribution in [2.24, 2.45) is 5.73 Å². The van der Waals surface area contributed by atoms with E-state index >= 15 is 0 Å². The normalized spacial score (nSPS) is 25.1. The van der Waals surface area contributed by atoms with Crippen molar-refractivity contribution in [3.05, 3.63) is 29.3 Å². The van der Waals surface area contributed by atoms with Gasteiger partial charge in [-0.25, -0.2) is 8.42 Å². The van der Waals surface area contributed by atoms with Crippen LogP contribution in [0.1, 0.15) is 36.8 Å². The molecule has 1 saturated heterocycles. The summed E-state index contributed by atoms with van der Waals surface area (Å²) in [6.45, 7) is 0.763. The van der Waals surface area contributed by atoms with E-state index < -0.39 is 9.84 Å². The van der Waals surface area contributed by atoms with Crippen LogP contribution in [0.3, 0.4) is 0 Å². The predicted octanol–water partition coefficient (Wildman–Crippen LogP) is 1.85.